The number of ether oxygens (including phenoxy) is 3. The van der Waals surface area contributed by atoms with Gasteiger partial charge in [0, 0.05) is 32.8 Å². The molecule has 3 aliphatic heterocycles. The summed E-state index contributed by atoms with van der Waals surface area (Å²) in [5, 5.41) is 2.73. The molecule has 0 saturated carbocycles. The second-order valence-electron chi connectivity index (χ2n) is 10.5. The van der Waals surface area contributed by atoms with Crippen LogP contribution in [0.4, 0.5) is 4.79 Å². The van der Waals surface area contributed by atoms with Crippen LogP contribution in [0, 0.1) is 5.92 Å². The number of hydrogen-bond acceptors (Lipinski definition) is 7. The molecule has 0 spiro atoms. The number of benzene rings is 1. The maximum atomic E-state index is 13.4. The number of fused-ring (bicyclic) bond motifs is 1. The van der Waals surface area contributed by atoms with E-state index in [0.29, 0.717) is 49.6 Å². The van der Waals surface area contributed by atoms with E-state index < -0.39 is 12.1 Å². The lowest BCUT2D eigenvalue weighted by atomic mass is 9.83. The molecule has 4 amide bonds. The van der Waals surface area contributed by atoms with E-state index in [1.807, 2.05) is 17.0 Å². The van der Waals surface area contributed by atoms with E-state index >= 15 is 0 Å². The molecule has 0 bridgehead atoms. The summed E-state index contributed by atoms with van der Waals surface area (Å²) in [7, 11) is 4.77. The van der Waals surface area contributed by atoms with E-state index in [2.05, 4.69) is 10.2 Å². The molecule has 0 radical (unpaired) electrons. The zero-order chi connectivity index (χ0) is 27.1. The van der Waals surface area contributed by atoms with Gasteiger partial charge in [0.05, 0.1) is 27.2 Å². The average molecular weight is 531 g/mol. The summed E-state index contributed by atoms with van der Waals surface area (Å²) in [6, 6.07) is 4.74. The lowest BCUT2D eigenvalue weighted by Gasteiger charge is -2.45. The predicted molar refractivity (Wildman–Crippen MR) is 142 cm³/mol. The molecule has 0 aromatic heterocycles. The maximum absolute atomic E-state index is 13.4. The monoisotopic (exact) mass is 530 g/mol. The summed E-state index contributed by atoms with van der Waals surface area (Å²) < 4.78 is 15.9. The molecule has 3 atom stereocenters. The molecule has 10 nitrogen and oxygen atoms in total. The van der Waals surface area contributed by atoms with Crippen molar-refractivity contribution < 1.29 is 28.6 Å². The van der Waals surface area contributed by atoms with E-state index in [0.717, 1.165) is 31.5 Å². The van der Waals surface area contributed by atoms with Crippen molar-refractivity contribution in [3.05, 3.63) is 23.8 Å². The number of piperidine rings is 2. The third-order valence-electron chi connectivity index (χ3n) is 8.16. The SMILES string of the molecule is COCCN(C[C@@H]1CCCN2CCCC[C@@H]12)C(=O)C[C@H]1NC(=O)N(CCc2ccc(OC)c(OC)c2)C1=O. The van der Waals surface area contributed by atoms with E-state index in [1.54, 1.807) is 27.4 Å². The Morgan fingerprint density at radius 2 is 1.84 bits per heavy atom. The quantitative estimate of drug-likeness (QED) is 0.414. The smallest absolute Gasteiger partial charge is 0.324 e. The lowest BCUT2D eigenvalue weighted by Crippen LogP contribution is -2.52. The molecule has 3 heterocycles. The molecule has 0 unspecified atom stereocenters. The van der Waals surface area contributed by atoms with Gasteiger partial charge in [0.15, 0.2) is 11.5 Å². The highest BCUT2D eigenvalue weighted by Gasteiger charge is 2.40. The van der Waals surface area contributed by atoms with Gasteiger partial charge < -0.3 is 29.3 Å². The van der Waals surface area contributed by atoms with Gasteiger partial charge in [0.1, 0.15) is 6.04 Å². The Bertz CT molecular complexity index is 986. The number of methoxy groups -OCH3 is 3. The highest BCUT2D eigenvalue weighted by molar-refractivity contribution is 6.05. The largest absolute Gasteiger partial charge is 0.493 e. The van der Waals surface area contributed by atoms with Crippen LogP contribution >= 0.6 is 0 Å². The minimum Gasteiger partial charge on any atom is -0.493 e. The minimum absolute atomic E-state index is 0.0394. The zero-order valence-corrected chi connectivity index (χ0v) is 22.9. The van der Waals surface area contributed by atoms with Crippen molar-refractivity contribution >= 4 is 17.8 Å². The second kappa shape index (κ2) is 13.3. The van der Waals surface area contributed by atoms with Crippen LogP contribution in [0.1, 0.15) is 44.1 Å². The van der Waals surface area contributed by atoms with Gasteiger partial charge in [0.25, 0.3) is 5.91 Å². The molecular formula is C28H42N4O6. The Hall–Kier alpha value is -2.85. The molecule has 3 saturated heterocycles. The average Bonchev–Trinajstić information content (AvgIpc) is 3.20. The summed E-state index contributed by atoms with van der Waals surface area (Å²) in [6.45, 7) is 4.11. The van der Waals surface area contributed by atoms with Gasteiger partial charge >= 0.3 is 6.03 Å². The van der Waals surface area contributed by atoms with Crippen LogP contribution in [0.5, 0.6) is 11.5 Å². The summed E-state index contributed by atoms with van der Waals surface area (Å²) in [6.07, 6.45) is 6.37. The number of hydrogen-bond donors (Lipinski definition) is 1. The number of imide groups is 1. The first kappa shape index (κ1) is 28.2. The molecule has 38 heavy (non-hydrogen) atoms. The van der Waals surface area contributed by atoms with Crippen molar-refractivity contribution in [1.29, 1.82) is 0 Å². The maximum Gasteiger partial charge on any atom is 0.324 e. The number of nitrogens with zero attached hydrogens (tertiary/aromatic N) is 3. The molecule has 4 rings (SSSR count). The van der Waals surface area contributed by atoms with Gasteiger partial charge in [0.2, 0.25) is 5.91 Å². The number of nitrogens with one attached hydrogen (secondary N) is 1. The van der Waals surface area contributed by atoms with E-state index in [-0.39, 0.29) is 24.8 Å². The third kappa shape index (κ3) is 6.58. The van der Waals surface area contributed by atoms with Crippen molar-refractivity contribution in [3.8, 4) is 11.5 Å². The fourth-order valence-electron chi connectivity index (χ4n) is 6.10. The number of rotatable bonds is 12. The highest BCUT2D eigenvalue weighted by atomic mass is 16.5. The first-order valence-corrected chi connectivity index (χ1v) is 13.8. The molecular weight excluding hydrogens is 488 g/mol. The van der Waals surface area contributed by atoms with E-state index in [9.17, 15) is 14.4 Å². The van der Waals surface area contributed by atoms with E-state index in [4.69, 9.17) is 14.2 Å². The molecule has 10 heteroatoms. The number of carbonyl (C=O) groups is 3. The van der Waals surface area contributed by atoms with Gasteiger partial charge in [-0.3, -0.25) is 14.5 Å². The van der Waals surface area contributed by atoms with Crippen molar-refractivity contribution in [2.24, 2.45) is 5.92 Å². The summed E-state index contributed by atoms with van der Waals surface area (Å²) in [5.41, 5.74) is 0.915. The van der Waals surface area contributed by atoms with Gasteiger partial charge in [-0.25, -0.2) is 4.79 Å². The Morgan fingerprint density at radius 1 is 1.05 bits per heavy atom. The Labute approximate surface area is 225 Å². The Morgan fingerprint density at radius 3 is 2.61 bits per heavy atom. The molecule has 1 aromatic rings. The van der Waals surface area contributed by atoms with Gasteiger partial charge in [-0.1, -0.05) is 12.5 Å². The van der Waals surface area contributed by atoms with Crippen LogP contribution in [0.25, 0.3) is 0 Å². The van der Waals surface area contributed by atoms with Crippen LogP contribution < -0.4 is 14.8 Å². The van der Waals surface area contributed by atoms with Crippen molar-refractivity contribution in [1.82, 2.24) is 20.0 Å². The highest BCUT2D eigenvalue weighted by Crippen LogP contribution is 2.32. The fraction of sp³-hybridized carbons (Fsp3) is 0.679. The van der Waals surface area contributed by atoms with Crippen molar-refractivity contribution in [3.63, 3.8) is 0 Å². The van der Waals surface area contributed by atoms with Gasteiger partial charge in [-0.15, -0.1) is 0 Å². The lowest BCUT2D eigenvalue weighted by molar-refractivity contribution is -0.137. The van der Waals surface area contributed by atoms with Gasteiger partial charge in [-0.2, -0.15) is 0 Å². The molecule has 3 aliphatic rings. The fourth-order valence-corrected chi connectivity index (χ4v) is 6.10. The Kier molecular flexibility index (Phi) is 9.85. The first-order chi connectivity index (χ1) is 18.4. The van der Waals surface area contributed by atoms with Crippen molar-refractivity contribution in [2.75, 3.05) is 60.7 Å². The standard InChI is InChI=1S/C28H42N4O6/c1-36-16-15-31(19-21-7-6-13-30-12-5-4-8-23(21)30)26(33)18-22-27(34)32(28(35)29-22)14-11-20-9-10-24(37-2)25(17-20)38-3/h9-10,17,21-23H,4-8,11-16,18-19H2,1-3H3,(H,29,35)/t21-,22+,23-/m0/s1. The zero-order valence-electron chi connectivity index (χ0n) is 22.9. The summed E-state index contributed by atoms with van der Waals surface area (Å²) in [4.78, 5) is 44.8. The molecule has 210 valence electrons. The molecule has 1 N–H and O–H groups in total. The van der Waals surface area contributed by atoms with Crippen LogP contribution in [0.3, 0.4) is 0 Å². The van der Waals surface area contributed by atoms with Crippen LogP contribution in [0.2, 0.25) is 0 Å². The van der Waals surface area contributed by atoms with Crippen LogP contribution in [0.15, 0.2) is 18.2 Å². The topological polar surface area (TPSA) is 101 Å². The number of amides is 4. The first-order valence-electron chi connectivity index (χ1n) is 13.8. The van der Waals surface area contributed by atoms with Crippen LogP contribution in [-0.2, 0) is 20.7 Å². The second-order valence-corrected chi connectivity index (χ2v) is 10.5. The summed E-state index contributed by atoms with van der Waals surface area (Å²) in [5.74, 6) is 1.17. The molecule has 0 aliphatic carbocycles. The Balaban J connectivity index is 1.35. The molecule has 1 aromatic carbocycles. The molecule has 3 fully saturated rings. The van der Waals surface area contributed by atoms with Crippen LogP contribution in [-0.4, -0.2) is 105 Å². The van der Waals surface area contributed by atoms with Gasteiger partial charge in [-0.05, 0) is 68.8 Å². The third-order valence-corrected chi connectivity index (χ3v) is 8.16. The van der Waals surface area contributed by atoms with E-state index in [1.165, 1.54) is 24.2 Å². The number of urea groups is 1. The normalized spacial score (nSPS) is 23.7. The predicted octanol–water partition coefficient (Wildman–Crippen LogP) is 2.30. The minimum atomic E-state index is -0.844. The number of carbonyl (C=O) groups excluding carboxylic acids is 3. The summed E-state index contributed by atoms with van der Waals surface area (Å²) >= 11 is 0. The van der Waals surface area contributed by atoms with Crippen molar-refractivity contribution in [2.45, 2.75) is 57.0 Å².